The number of allylic oxidation sites excluding steroid dienone is 4. The second-order valence-electron chi connectivity index (χ2n) is 10.2. The zero-order valence-electron chi connectivity index (χ0n) is 22.9. The molecule has 43 heavy (non-hydrogen) atoms. The van der Waals surface area contributed by atoms with Crippen LogP contribution in [0.25, 0.3) is 0 Å². The van der Waals surface area contributed by atoms with Crippen LogP contribution in [0.5, 0.6) is 0 Å². The lowest BCUT2D eigenvalue weighted by molar-refractivity contribution is 0.393. The smallest absolute Gasteiger partial charge is 0.311 e. The first-order valence-electron chi connectivity index (χ1n) is 11.9. The Bertz CT molecular complexity index is 639. The fraction of sp³-hybridized carbons (Fsp3) is 0.857. The van der Waals surface area contributed by atoms with Crippen molar-refractivity contribution in [1.82, 2.24) is 0 Å². The van der Waals surface area contributed by atoms with Gasteiger partial charge in [-0.2, -0.15) is 0 Å². The topological polar surface area (TPSA) is 18.5 Å². The van der Waals surface area contributed by atoms with Gasteiger partial charge in [0.05, 0.1) is 20.2 Å². The minimum Gasteiger partial charge on any atom is -0.437 e. The lowest BCUT2D eigenvalue weighted by atomic mass is 9.01. The third kappa shape index (κ3) is 37.0. The van der Waals surface area contributed by atoms with E-state index in [4.69, 9.17) is 54.8 Å². The molecule has 0 heterocycles. The summed E-state index contributed by atoms with van der Waals surface area (Å²) >= 11 is 0. The predicted molar refractivity (Wildman–Crippen MR) is 235 cm³/mol. The first-order valence-corrected chi connectivity index (χ1v) is 21.2. The average molecular weight is 639 g/mol. The largest absolute Gasteiger partial charge is 0.437 e. The maximum atomic E-state index is 6.57. The van der Waals surface area contributed by atoms with Gasteiger partial charge in [0.15, 0.2) is 16.6 Å². The van der Waals surface area contributed by atoms with Crippen molar-refractivity contribution in [1.29, 1.82) is 0 Å². The molecule has 244 valence electrons. The molecule has 0 unspecified atom stereocenters. The molecular formula is C28H78B10O2Si3. The van der Waals surface area contributed by atoms with Crippen LogP contribution < -0.4 is 0 Å². The van der Waals surface area contributed by atoms with E-state index >= 15 is 0 Å². The van der Waals surface area contributed by atoms with Crippen molar-refractivity contribution in [2.24, 2.45) is 0 Å². The van der Waals surface area contributed by atoms with Crippen molar-refractivity contribution in [2.75, 3.05) is 0 Å². The predicted octanol–water partition coefficient (Wildman–Crippen LogP) is 9.15. The van der Waals surface area contributed by atoms with Gasteiger partial charge in [-0.1, -0.05) is 95.0 Å². The van der Waals surface area contributed by atoms with Gasteiger partial charge in [0.25, 0.3) is 0 Å². The summed E-state index contributed by atoms with van der Waals surface area (Å²) in [5.74, 6) is 0. The van der Waals surface area contributed by atoms with Gasteiger partial charge in [-0.15, -0.1) is 21.9 Å². The molecule has 0 fully saturated rings. The molecule has 0 amide bonds. The highest BCUT2D eigenvalue weighted by Gasteiger charge is 2.39. The van der Waals surface area contributed by atoms with Crippen molar-refractivity contribution in [3.8, 4) is 0 Å². The summed E-state index contributed by atoms with van der Waals surface area (Å²) < 4.78 is 12.9. The molecule has 14 radical (unpaired) electrons. The molecule has 0 atom stereocenters. The molecule has 0 spiro atoms. The van der Waals surface area contributed by atoms with Gasteiger partial charge in [0, 0.05) is 45.7 Å². The summed E-state index contributed by atoms with van der Waals surface area (Å²) in [7, 11) is 31.8. The van der Waals surface area contributed by atoms with E-state index in [9.17, 15) is 0 Å². The molecule has 0 aliphatic heterocycles. The lowest BCUT2D eigenvalue weighted by Crippen LogP contribution is -2.52. The summed E-state index contributed by atoms with van der Waals surface area (Å²) in [6.07, 6.45) is 2.57. The van der Waals surface area contributed by atoms with Gasteiger partial charge < -0.3 is 8.23 Å². The zero-order valence-corrected chi connectivity index (χ0v) is 25.9. The lowest BCUT2D eigenvalue weighted by Gasteiger charge is -2.39. The van der Waals surface area contributed by atoms with Crippen LogP contribution in [0.4, 0.5) is 0 Å². The first-order chi connectivity index (χ1) is 14.9. The summed E-state index contributed by atoms with van der Waals surface area (Å²) in [6, 6.07) is 0.751. The highest BCUT2D eigenvalue weighted by molar-refractivity contribution is 7.49. The molecule has 0 aromatic carbocycles. The molecule has 0 aromatic heterocycles. The quantitative estimate of drug-likeness (QED) is 0.187. The van der Waals surface area contributed by atoms with Gasteiger partial charge >= 0.3 is 8.56 Å². The Morgan fingerprint density at radius 3 is 1.23 bits per heavy atom. The fourth-order valence-corrected chi connectivity index (χ4v) is 17.3. The standard InChI is InChI=1S/C12H28B7O2Si3.C6H10B3.10CH4/c1-9-11(18(14)15)12(19(16)17-13)10-23(5,6)21-24(7,8)20-22(2,3)4;1-3-5(7)6(4-2)9-8;;;;;;;;;;/h9-10H2,1-8H3;3-4H2,1-2H3;10*1H4/b12-11-;6-5-;;;;;;;;;;. The van der Waals surface area contributed by atoms with E-state index < -0.39 is 31.7 Å². The van der Waals surface area contributed by atoms with Crippen molar-refractivity contribution >= 4 is 98.9 Å². The van der Waals surface area contributed by atoms with Crippen LogP contribution in [0.1, 0.15) is 114 Å². The van der Waals surface area contributed by atoms with Gasteiger partial charge in [-0.25, -0.2) is 0 Å². The SMILES string of the molecule is C.C.C.C.C.C.C.C.C.C.[B][B]/C(CC)=C(\[B])CC.[B][B]B([B])/C(C[Si](C)(C)O[Si](C)(C)O[Si](C)(C)C)=C(/CC)B([B])[B]. The van der Waals surface area contributed by atoms with E-state index in [1.165, 1.54) is 7.06 Å². The second kappa shape index (κ2) is 37.2. The highest BCUT2D eigenvalue weighted by Crippen LogP contribution is 2.28. The Labute approximate surface area is 294 Å². The number of rotatable bonds is 13. The molecule has 0 N–H and O–H groups in total. The molecule has 0 bridgehead atoms. The Morgan fingerprint density at radius 1 is 0.628 bits per heavy atom. The number of hydrogen-bond acceptors (Lipinski definition) is 2. The van der Waals surface area contributed by atoms with Crippen molar-refractivity contribution in [3.63, 3.8) is 0 Å². The second-order valence-corrected chi connectivity index (χ2v) is 22.8. The number of hydrogen-bond donors (Lipinski definition) is 0. The van der Waals surface area contributed by atoms with E-state index in [0.29, 0.717) is 0 Å². The Kier molecular flexibility index (Phi) is 68.5. The monoisotopic (exact) mass is 641 g/mol. The minimum absolute atomic E-state index is 0. The van der Waals surface area contributed by atoms with E-state index in [1.54, 1.807) is 7.17 Å². The van der Waals surface area contributed by atoms with Crippen molar-refractivity contribution in [2.45, 2.75) is 166 Å². The normalized spacial score (nSPS) is 10.6. The van der Waals surface area contributed by atoms with Crippen molar-refractivity contribution in [3.05, 3.63) is 21.9 Å². The van der Waals surface area contributed by atoms with Crippen LogP contribution >= 0.6 is 0 Å². The maximum absolute atomic E-state index is 6.57. The third-order valence-corrected chi connectivity index (χ3v) is 14.7. The van der Waals surface area contributed by atoms with Gasteiger partial charge in [0.1, 0.15) is 7.85 Å². The maximum Gasteiger partial charge on any atom is 0.311 e. The average Bonchev–Trinajstić information content (AvgIpc) is 2.65. The van der Waals surface area contributed by atoms with Crippen LogP contribution in [0.3, 0.4) is 0 Å². The summed E-state index contributed by atoms with van der Waals surface area (Å²) in [6.45, 7) is 20.4. The molecule has 0 saturated heterocycles. The first kappa shape index (κ1) is 79.3. The Morgan fingerprint density at radius 2 is 1.02 bits per heavy atom. The molecule has 0 saturated carbocycles. The van der Waals surface area contributed by atoms with Crippen LogP contribution in [0.15, 0.2) is 21.9 Å². The summed E-state index contributed by atoms with van der Waals surface area (Å²) in [5, 5.41) is 0. The van der Waals surface area contributed by atoms with Gasteiger partial charge in [-0.05, 0) is 71.1 Å². The van der Waals surface area contributed by atoms with E-state index in [0.717, 1.165) is 47.2 Å². The van der Waals surface area contributed by atoms with Crippen molar-refractivity contribution < 1.29 is 8.23 Å². The van der Waals surface area contributed by atoms with Crippen LogP contribution in [0, 0.1) is 0 Å². The van der Waals surface area contributed by atoms with Crippen LogP contribution in [0.2, 0.25) is 51.9 Å². The van der Waals surface area contributed by atoms with Crippen LogP contribution in [-0.2, 0) is 8.23 Å². The highest BCUT2D eigenvalue weighted by atomic mass is 28.5. The third-order valence-electron chi connectivity index (χ3n) is 4.87. The minimum atomic E-state index is -2.20. The van der Waals surface area contributed by atoms with E-state index in [2.05, 4.69) is 45.8 Å². The van der Waals surface area contributed by atoms with Gasteiger partial charge in [0.2, 0.25) is 0 Å². The van der Waals surface area contributed by atoms with E-state index in [-0.39, 0.29) is 80.8 Å². The molecule has 0 rings (SSSR count). The van der Waals surface area contributed by atoms with Crippen LogP contribution in [-0.4, -0.2) is 98.9 Å². The summed E-state index contributed by atoms with van der Waals surface area (Å²) in [4.78, 5) is 0. The molecule has 0 aromatic rings. The van der Waals surface area contributed by atoms with E-state index in [1.807, 2.05) is 20.8 Å². The Balaban J connectivity index is -0.0000000448. The molecular weight excluding hydrogens is 561 g/mol. The molecule has 2 nitrogen and oxygen atoms in total. The summed E-state index contributed by atoms with van der Waals surface area (Å²) in [5.41, 5.74) is 3.96. The molecule has 15 heteroatoms. The Hall–Kier alpha value is 0.700. The van der Waals surface area contributed by atoms with Gasteiger partial charge in [-0.3, -0.25) is 0 Å². The molecule has 0 aliphatic carbocycles. The fourth-order valence-electron chi connectivity index (χ4n) is 3.84. The zero-order chi connectivity index (χ0) is 26.6. The molecule has 0 aliphatic rings.